The number of likely N-dealkylation sites (tertiary alicyclic amines) is 1. The summed E-state index contributed by atoms with van der Waals surface area (Å²) in [5.74, 6) is -0.0422. The van der Waals surface area contributed by atoms with E-state index in [2.05, 4.69) is 15.9 Å². The molecule has 2 atom stereocenters. The lowest BCUT2D eigenvalue weighted by Crippen LogP contribution is -2.43. The molecule has 98 valence electrons. The van der Waals surface area contributed by atoms with E-state index in [1.54, 1.807) is 4.90 Å². The minimum atomic E-state index is -0.361. The molecule has 3 nitrogen and oxygen atoms in total. The Balaban J connectivity index is 2.06. The minimum Gasteiger partial charge on any atom is -0.391 e. The van der Waals surface area contributed by atoms with Gasteiger partial charge in [-0.2, -0.15) is 0 Å². The molecule has 1 aromatic carbocycles. The number of aliphatic hydroxyl groups excluding tert-OH is 1. The van der Waals surface area contributed by atoms with Crippen LogP contribution in [0.5, 0.6) is 0 Å². The Bertz CT molecular complexity index is 418. The first kappa shape index (κ1) is 13.6. The first-order valence-corrected chi connectivity index (χ1v) is 7.09. The molecule has 18 heavy (non-hydrogen) atoms. The van der Waals surface area contributed by atoms with E-state index >= 15 is 0 Å². The van der Waals surface area contributed by atoms with E-state index in [9.17, 15) is 9.90 Å². The summed E-state index contributed by atoms with van der Waals surface area (Å²) in [6.45, 7) is 3.16. The highest BCUT2D eigenvalue weighted by Gasteiger charge is 2.26. The summed E-state index contributed by atoms with van der Waals surface area (Å²) in [5.41, 5.74) is 1.02. The predicted molar refractivity (Wildman–Crippen MR) is 74.4 cm³/mol. The normalized spacial score (nSPS) is 21.7. The number of hydrogen-bond acceptors (Lipinski definition) is 2. The Morgan fingerprint density at radius 2 is 2.11 bits per heavy atom. The van der Waals surface area contributed by atoms with Gasteiger partial charge in [0.1, 0.15) is 0 Å². The zero-order chi connectivity index (χ0) is 13.1. The Hall–Kier alpha value is -0.870. The van der Waals surface area contributed by atoms with Crippen LogP contribution in [-0.2, 0) is 4.79 Å². The first-order valence-electron chi connectivity index (χ1n) is 6.30. The molecule has 1 aliphatic rings. The molecule has 0 aliphatic carbocycles. The standard InChI is InChI=1S/C14H18BrNO2/c1-10(11-4-6-12(15)7-5-11)14(18)16-8-2-3-13(17)9-16/h4-7,10,13,17H,2-3,8-9H2,1H3. The fourth-order valence-corrected chi connectivity index (χ4v) is 2.59. The highest BCUT2D eigenvalue weighted by molar-refractivity contribution is 9.10. The maximum Gasteiger partial charge on any atom is 0.229 e. The van der Waals surface area contributed by atoms with Crippen molar-refractivity contribution in [1.82, 2.24) is 4.90 Å². The summed E-state index contributed by atoms with van der Waals surface area (Å²) >= 11 is 3.39. The quantitative estimate of drug-likeness (QED) is 0.912. The van der Waals surface area contributed by atoms with Crippen LogP contribution in [0.4, 0.5) is 0 Å². The van der Waals surface area contributed by atoms with E-state index in [0.717, 1.165) is 29.4 Å². The van der Waals surface area contributed by atoms with Crippen molar-refractivity contribution in [3.8, 4) is 0 Å². The van der Waals surface area contributed by atoms with Gasteiger partial charge in [-0.05, 0) is 37.5 Å². The Labute approximate surface area is 116 Å². The van der Waals surface area contributed by atoms with Crippen molar-refractivity contribution < 1.29 is 9.90 Å². The van der Waals surface area contributed by atoms with Crippen LogP contribution in [0.1, 0.15) is 31.2 Å². The lowest BCUT2D eigenvalue weighted by atomic mass is 9.98. The van der Waals surface area contributed by atoms with Crippen molar-refractivity contribution in [2.24, 2.45) is 0 Å². The highest BCUT2D eigenvalue weighted by atomic mass is 79.9. The maximum absolute atomic E-state index is 12.3. The van der Waals surface area contributed by atoms with Gasteiger partial charge < -0.3 is 10.0 Å². The second-order valence-electron chi connectivity index (χ2n) is 4.85. The SMILES string of the molecule is CC(C(=O)N1CCCC(O)C1)c1ccc(Br)cc1. The van der Waals surface area contributed by atoms with E-state index in [1.165, 1.54) is 0 Å². The zero-order valence-corrected chi connectivity index (χ0v) is 12.1. The minimum absolute atomic E-state index is 0.107. The number of benzene rings is 1. The van der Waals surface area contributed by atoms with E-state index in [-0.39, 0.29) is 17.9 Å². The van der Waals surface area contributed by atoms with Crippen LogP contribution in [0, 0.1) is 0 Å². The van der Waals surface area contributed by atoms with E-state index in [4.69, 9.17) is 0 Å². The monoisotopic (exact) mass is 311 g/mol. The molecule has 1 fully saturated rings. The fraction of sp³-hybridized carbons (Fsp3) is 0.500. The molecule has 0 aromatic heterocycles. The van der Waals surface area contributed by atoms with Crippen molar-refractivity contribution in [3.05, 3.63) is 34.3 Å². The van der Waals surface area contributed by atoms with Crippen LogP contribution >= 0.6 is 15.9 Å². The lowest BCUT2D eigenvalue weighted by molar-refractivity contribution is -0.135. The number of nitrogens with zero attached hydrogens (tertiary/aromatic N) is 1. The van der Waals surface area contributed by atoms with Gasteiger partial charge in [-0.1, -0.05) is 28.1 Å². The fourth-order valence-electron chi connectivity index (χ4n) is 2.32. The van der Waals surface area contributed by atoms with Gasteiger partial charge in [0.15, 0.2) is 0 Å². The second-order valence-corrected chi connectivity index (χ2v) is 5.77. The van der Waals surface area contributed by atoms with Gasteiger partial charge in [-0.15, -0.1) is 0 Å². The van der Waals surface area contributed by atoms with Crippen molar-refractivity contribution in [2.45, 2.75) is 31.8 Å². The molecule has 1 amide bonds. The van der Waals surface area contributed by atoms with Crippen LogP contribution < -0.4 is 0 Å². The average Bonchev–Trinajstić information content (AvgIpc) is 2.38. The number of piperidine rings is 1. The Kier molecular flexibility index (Phi) is 4.40. The number of amides is 1. The summed E-state index contributed by atoms with van der Waals surface area (Å²) in [6.07, 6.45) is 1.33. The molecule has 2 unspecified atom stereocenters. The van der Waals surface area contributed by atoms with Crippen LogP contribution in [-0.4, -0.2) is 35.1 Å². The van der Waals surface area contributed by atoms with Gasteiger partial charge in [0, 0.05) is 17.6 Å². The molecule has 1 N–H and O–H groups in total. The molecule has 1 saturated heterocycles. The molecule has 0 radical (unpaired) electrons. The van der Waals surface area contributed by atoms with E-state index in [1.807, 2.05) is 31.2 Å². The van der Waals surface area contributed by atoms with Gasteiger partial charge in [0.2, 0.25) is 5.91 Å². The average molecular weight is 312 g/mol. The molecule has 0 saturated carbocycles. The van der Waals surface area contributed by atoms with E-state index in [0.29, 0.717) is 6.54 Å². The summed E-state index contributed by atoms with van der Waals surface area (Å²) in [7, 11) is 0. The summed E-state index contributed by atoms with van der Waals surface area (Å²) in [4.78, 5) is 14.1. The van der Waals surface area contributed by atoms with Gasteiger partial charge in [0.25, 0.3) is 0 Å². The molecule has 0 spiro atoms. The smallest absolute Gasteiger partial charge is 0.229 e. The van der Waals surface area contributed by atoms with Gasteiger partial charge in [-0.3, -0.25) is 4.79 Å². The maximum atomic E-state index is 12.3. The van der Waals surface area contributed by atoms with Gasteiger partial charge >= 0.3 is 0 Å². The van der Waals surface area contributed by atoms with Crippen LogP contribution in [0.2, 0.25) is 0 Å². The highest BCUT2D eigenvalue weighted by Crippen LogP contribution is 2.22. The third kappa shape index (κ3) is 3.12. The number of carbonyl (C=O) groups is 1. The van der Waals surface area contributed by atoms with Gasteiger partial charge in [0.05, 0.1) is 12.0 Å². The number of halogens is 1. The zero-order valence-electron chi connectivity index (χ0n) is 10.5. The third-order valence-corrected chi connectivity index (χ3v) is 3.98. The van der Waals surface area contributed by atoms with Crippen molar-refractivity contribution >= 4 is 21.8 Å². The molecular formula is C14H18BrNO2. The summed E-state index contributed by atoms with van der Waals surface area (Å²) in [6, 6.07) is 7.83. The summed E-state index contributed by atoms with van der Waals surface area (Å²) < 4.78 is 1.01. The number of β-amino-alcohol motifs (C(OH)–C–C–N with tert-alkyl or cyclic N) is 1. The van der Waals surface area contributed by atoms with Crippen LogP contribution in [0.15, 0.2) is 28.7 Å². The molecule has 1 heterocycles. The van der Waals surface area contributed by atoms with E-state index < -0.39 is 0 Å². The van der Waals surface area contributed by atoms with Crippen molar-refractivity contribution in [3.63, 3.8) is 0 Å². The van der Waals surface area contributed by atoms with Crippen LogP contribution in [0.3, 0.4) is 0 Å². The predicted octanol–water partition coefficient (Wildman–Crippen LogP) is 2.54. The summed E-state index contributed by atoms with van der Waals surface area (Å²) in [5, 5.41) is 9.62. The largest absolute Gasteiger partial charge is 0.391 e. The number of hydrogen-bond donors (Lipinski definition) is 1. The molecule has 4 heteroatoms. The molecule has 1 aromatic rings. The lowest BCUT2D eigenvalue weighted by Gasteiger charge is -2.32. The molecule has 0 bridgehead atoms. The van der Waals surface area contributed by atoms with Crippen LogP contribution in [0.25, 0.3) is 0 Å². The van der Waals surface area contributed by atoms with Gasteiger partial charge in [-0.25, -0.2) is 0 Å². The van der Waals surface area contributed by atoms with Crippen molar-refractivity contribution in [2.75, 3.05) is 13.1 Å². The second kappa shape index (κ2) is 5.85. The molecule has 1 aliphatic heterocycles. The first-order chi connectivity index (χ1) is 8.58. The topological polar surface area (TPSA) is 40.5 Å². The molecule has 2 rings (SSSR count). The number of carbonyl (C=O) groups excluding carboxylic acids is 1. The van der Waals surface area contributed by atoms with Crippen molar-refractivity contribution in [1.29, 1.82) is 0 Å². The Morgan fingerprint density at radius 1 is 1.44 bits per heavy atom. The molecular weight excluding hydrogens is 294 g/mol. The number of aliphatic hydroxyl groups is 1. The number of rotatable bonds is 2. The third-order valence-electron chi connectivity index (χ3n) is 3.45. The Morgan fingerprint density at radius 3 is 2.72 bits per heavy atom.